The van der Waals surface area contributed by atoms with Crippen LogP contribution in [0.4, 0.5) is 0 Å². The summed E-state index contributed by atoms with van der Waals surface area (Å²) in [7, 11) is 0. The van der Waals surface area contributed by atoms with E-state index in [1.54, 1.807) is 16.9 Å². The van der Waals surface area contributed by atoms with E-state index in [1.165, 1.54) is 0 Å². The van der Waals surface area contributed by atoms with E-state index in [0.29, 0.717) is 18.0 Å². The van der Waals surface area contributed by atoms with E-state index in [2.05, 4.69) is 10.4 Å². The number of carbonyl (C=O) groups is 1. The Kier molecular flexibility index (Phi) is 4.00. The lowest BCUT2D eigenvalue weighted by atomic mass is 10.1. The molecule has 3 atom stereocenters. The molecule has 2 aromatic rings. The van der Waals surface area contributed by atoms with Gasteiger partial charge in [-0.3, -0.25) is 9.48 Å². The first-order chi connectivity index (χ1) is 10.6. The van der Waals surface area contributed by atoms with Crippen molar-refractivity contribution in [3.63, 3.8) is 0 Å². The maximum atomic E-state index is 12.4. The lowest BCUT2D eigenvalue weighted by molar-refractivity contribution is -0.134. The van der Waals surface area contributed by atoms with Crippen molar-refractivity contribution in [2.75, 3.05) is 0 Å². The van der Waals surface area contributed by atoms with E-state index in [4.69, 9.17) is 9.47 Å². The third-order valence-corrected chi connectivity index (χ3v) is 3.51. The predicted octanol–water partition coefficient (Wildman–Crippen LogP) is 1.62. The Labute approximate surface area is 129 Å². The zero-order valence-corrected chi connectivity index (χ0v) is 12.6. The highest BCUT2D eigenvalue weighted by atomic mass is 16.6. The van der Waals surface area contributed by atoms with Crippen LogP contribution in [-0.4, -0.2) is 33.9 Å². The van der Waals surface area contributed by atoms with Crippen LogP contribution in [0.25, 0.3) is 0 Å². The number of nitrogens with zero attached hydrogens (tertiary/aromatic N) is 2. The zero-order valence-electron chi connectivity index (χ0n) is 12.6. The molecule has 0 saturated carbocycles. The van der Waals surface area contributed by atoms with E-state index in [0.717, 1.165) is 0 Å². The van der Waals surface area contributed by atoms with Crippen LogP contribution < -0.4 is 14.8 Å². The van der Waals surface area contributed by atoms with Crippen molar-refractivity contribution in [3.05, 3.63) is 42.7 Å². The minimum atomic E-state index is -0.657. The van der Waals surface area contributed by atoms with Crippen LogP contribution in [0.3, 0.4) is 0 Å². The van der Waals surface area contributed by atoms with Gasteiger partial charge >= 0.3 is 0 Å². The molecule has 0 aliphatic carbocycles. The lowest BCUT2D eigenvalue weighted by Gasteiger charge is -2.31. The van der Waals surface area contributed by atoms with Gasteiger partial charge in [0.1, 0.15) is 6.10 Å². The first-order valence-corrected chi connectivity index (χ1v) is 7.33. The molecule has 1 amide bonds. The molecular weight excluding hydrogens is 282 g/mol. The van der Waals surface area contributed by atoms with Crippen molar-refractivity contribution in [1.82, 2.24) is 15.1 Å². The third-order valence-electron chi connectivity index (χ3n) is 3.51. The van der Waals surface area contributed by atoms with Gasteiger partial charge in [-0.05, 0) is 32.0 Å². The van der Waals surface area contributed by atoms with Gasteiger partial charge in [0.05, 0.1) is 6.54 Å². The Hall–Kier alpha value is -2.50. The molecule has 0 bridgehead atoms. The summed E-state index contributed by atoms with van der Waals surface area (Å²) < 4.78 is 13.3. The highest BCUT2D eigenvalue weighted by molar-refractivity contribution is 5.82. The quantitative estimate of drug-likeness (QED) is 0.932. The molecular formula is C16H19N3O3. The van der Waals surface area contributed by atoms with Gasteiger partial charge < -0.3 is 14.8 Å². The highest BCUT2D eigenvalue weighted by Gasteiger charge is 2.34. The van der Waals surface area contributed by atoms with Gasteiger partial charge in [0, 0.05) is 18.4 Å². The van der Waals surface area contributed by atoms with E-state index < -0.39 is 6.10 Å². The molecule has 1 aromatic heterocycles. The van der Waals surface area contributed by atoms with E-state index >= 15 is 0 Å². The van der Waals surface area contributed by atoms with Crippen LogP contribution in [0.1, 0.15) is 13.8 Å². The molecule has 0 spiro atoms. The number of ether oxygens (including phenoxy) is 2. The van der Waals surface area contributed by atoms with Gasteiger partial charge in [0.25, 0.3) is 5.91 Å². The number of amides is 1. The second-order valence-electron chi connectivity index (χ2n) is 5.45. The van der Waals surface area contributed by atoms with Gasteiger partial charge in [0.2, 0.25) is 6.10 Å². The van der Waals surface area contributed by atoms with Crippen LogP contribution in [0, 0.1) is 0 Å². The summed E-state index contributed by atoms with van der Waals surface area (Å²) in [5, 5.41) is 7.07. The molecule has 0 fully saturated rings. The van der Waals surface area contributed by atoms with Gasteiger partial charge in [0.15, 0.2) is 11.5 Å². The SMILES string of the molecule is C[C@H](Cn1cccn1)NC(=O)[C@H]1Oc2ccccc2O[C@@H]1C. The van der Waals surface area contributed by atoms with E-state index in [9.17, 15) is 4.79 Å². The number of benzene rings is 1. The van der Waals surface area contributed by atoms with Crippen LogP contribution >= 0.6 is 0 Å². The fraction of sp³-hybridized carbons (Fsp3) is 0.375. The second kappa shape index (κ2) is 6.09. The summed E-state index contributed by atoms with van der Waals surface area (Å²) in [6.45, 7) is 4.37. The van der Waals surface area contributed by atoms with Crippen molar-refractivity contribution < 1.29 is 14.3 Å². The maximum Gasteiger partial charge on any atom is 0.265 e. The number of hydrogen-bond donors (Lipinski definition) is 1. The van der Waals surface area contributed by atoms with Gasteiger partial charge in [-0.2, -0.15) is 5.10 Å². The van der Waals surface area contributed by atoms with Crippen molar-refractivity contribution >= 4 is 5.91 Å². The van der Waals surface area contributed by atoms with Crippen molar-refractivity contribution in [1.29, 1.82) is 0 Å². The average Bonchev–Trinajstić information content (AvgIpc) is 2.99. The number of carbonyl (C=O) groups excluding carboxylic acids is 1. The molecule has 1 aliphatic heterocycles. The molecule has 0 unspecified atom stereocenters. The number of rotatable bonds is 4. The first-order valence-electron chi connectivity index (χ1n) is 7.33. The van der Waals surface area contributed by atoms with E-state index in [1.807, 2.05) is 44.3 Å². The molecule has 3 rings (SSSR count). The van der Waals surface area contributed by atoms with Gasteiger partial charge in [-0.25, -0.2) is 0 Å². The Bertz CT molecular complexity index is 642. The van der Waals surface area contributed by atoms with Crippen molar-refractivity contribution in [2.45, 2.75) is 38.6 Å². The van der Waals surface area contributed by atoms with Crippen LogP contribution in [0.5, 0.6) is 11.5 Å². The zero-order chi connectivity index (χ0) is 15.5. The Balaban J connectivity index is 1.62. The summed E-state index contributed by atoms with van der Waals surface area (Å²) in [5.41, 5.74) is 0. The first kappa shape index (κ1) is 14.4. The Morgan fingerprint density at radius 2 is 2.05 bits per heavy atom. The largest absolute Gasteiger partial charge is 0.482 e. The molecule has 0 radical (unpaired) electrons. The number of para-hydroxylation sites is 2. The molecule has 1 aromatic carbocycles. The molecule has 22 heavy (non-hydrogen) atoms. The standard InChI is InChI=1S/C16H19N3O3/c1-11(10-19-9-5-8-17-19)18-16(20)15-12(2)21-13-6-3-4-7-14(13)22-15/h3-9,11-12,15H,10H2,1-2H3,(H,18,20)/t11-,12-,15+/m1/s1. The summed E-state index contributed by atoms with van der Waals surface area (Å²) in [5.74, 6) is 1.09. The number of hydrogen-bond acceptors (Lipinski definition) is 4. The summed E-state index contributed by atoms with van der Waals surface area (Å²) in [6, 6.07) is 9.16. The summed E-state index contributed by atoms with van der Waals surface area (Å²) in [4.78, 5) is 12.4. The topological polar surface area (TPSA) is 65.4 Å². The Morgan fingerprint density at radius 3 is 2.73 bits per heavy atom. The number of nitrogens with one attached hydrogen (secondary N) is 1. The normalized spacial score (nSPS) is 21.2. The minimum Gasteiger partial charge on any atom is -0.482 e. The van der Waals surface area contributed by atoms with E-state index in [-0.39, 0.29) is 18.1 Å². The minimum absolute atomic E-state index is 0.0552. The molecule has 6 nitrogen and oxygen atoms in total. The number of fused-ring (bicyclic) bond motifs is 1. The third kappa shape index (κ3) is 3.05. The average molecular weight is 301 g/mol. The van der Waals surface area contributed by atoms with Crippen LogP contribution in [0.15, 0.2) is 42.7 Å². The monoisotopic (exact) mass is 301 g/mol. The maximum absolute atomic E-state index is 12.4. The molecule has 116 valence electrons. The fourth-order valence-corrected chi connectivity index (χ4v) is 2.47. The molecule has 1 N–H and O–H groups in total. The van der Waals surface area contributed by atoms with Crippen LogP contribution in [-0.2, 0) is 11.3 Å². The Morgan fingerprint density at radius 1 is 1.32 bits per heavy atom. The van der Waals surface area contributed by atoms with Crippen LogP contribution in [0.2, 0.25) is 0 Å². The smallest absolute Gasteiger partial charge is 0.265 e. The van der Waals surface area contributed by atoms with Crippen molar-refractivity contribution in [2.24, 2.45) is 0 Å². The predicted molar refractivity (Wildman–Crippen MR) is 80.8 cm³/mol. The number of aromatic nitrogens is 2. The molecule has 6 heteroatoms. The summed E-state index contributed by atoms with van der Waals surface area (Å²) in [6.07, 6.45) is 2.58. The van der Waals surface area contributed by atoms with Gasteiger partial charge in [-0.1, -0.05) is 12.1 Å². The van der Waals surface area contributed by atoms with Gasteiger partial charge in [-0.15, -0.1) is 0 Å². The molecule has 2 heterocycles. The molecule has 0 saturated heterocycles. The highest BCUT2D eigenvalue weighted by Crippen LogP contribution is 2.33. The fourth-order valence-electron chi connectivity index (χ4n) is 2.47. The second-order valence-corrected chi connectivity index (χ2v) is 5.45. The lowest BCUT2D eigenvalue weighted by Crippen LogP contribution is -2.51. The molecule has 1 aliphatic rings. The van der Waals surface area contributed by atoms with Crippen molar-refractivity contribution in [3.8, 4) is 11.5 Å². The summed E-state index contributed by atoms with van der Waals surface area (Å²) >= 11 is 0.